The maximum atomic E-state index is 12.5. The summed E-state index contributed by atoms with van der Waals surface area (Å²) in [5, 5.41) is 0.895. The largest absolute Gasteiger partial charge is 0.489 e. The van der Waals surface area contributed by atoms with Gasteiger partial charge in [-0.3, -0.25) is 9.78 Å². The van der Waals surface area contributed by atoms with Crippen LogP contribution in [0, 0.1) is 0 Å². The molecule has 1 amide bonds. The summed E-state index contributed by atoms with van der Waals surface area (Å²) in [6.45, 7) is 3.19. The minimum absolute atomic E-state index is 0.102. The third-order valence-corrected chi connectivity index (χ3v) is 4.18. The predicted molar refractivity (Wildman–Crippen MR) is 95.5 cm³/mol. The zero-order chi connectivity index (χ0) is 16.8. The molecular formula is C16H15BrCl2N2O2. The smallest absolute Gasteiger partial charge is 0.255 e. The monoisotopic (exact) mass is 416 g/mol. The van der Waals surface area contributed by atoms with Crippen molar-refractivity contribution in [2.75, 3.05) is 19.7 Å². The van der Waals surface area contributed by atoms with E-state index in [-0.39, 0.29) is 5.91 Å². The fourth-order valence-electron chi connectivity index (χ4n) is 1.99. The number of aromatic nitrogens is 1. The third-order valence-electron chi connectivity index (χ3n) is 3.15. The lowest BCUT2D eigenvalue weighted by Crippen LogP contribution is -2.34. The van der Waals surface area contributed by atoms with E-state index in [4.69, 9.17) is 27.9 Å². The average molecular weight is 418 g/mol. The van der Waals surface area contributed by atoms with E-state index in [0.29, 0.717) is 41.1 Å². The summed E-state index contributed by atoms with van der Waals surface area (Å²) in [7, 11) is 0. The highest BCUT2D eigenvalue weighted by atomic mass is 79.9. The van der Waals surface area contributed by atoms with Crippen LogP contribution in [0.4, 0.5) is 0 Å². The summed E-state index contributed by atoms with van der Waals surface area (Å²) < 4.78 is 6.39. The van der Waals surface area contributed by atoms with Crippen LogP contribution >= 0.6 is 39.1 Å². The number of ether oxygens (including phenoxy) is 1. The number of likely N-dealkylation sites (N-methyl/N-ethyl adjacent to an activating group) is 1. The maximum Gasteiger partial charge on any atom is 0.255 e. The number of hydrogen-bond acceptors (Lipinski definition) is 3. The Bertz CT molecular complexity index is 677. The van der Waals surface area contributed by atoms with Gasteiger partial charge in [-0.2, -0.15) is 0 Å². The van der Waals surface area contributed by atoms with Gasteiger partial charge in [-0.1, -0.05) is 29.3 Å². The fraction of sp³-hybridized carbons (Fsp3) is 0.250. The van der Waals surface area contributed by atoms with Crippen molar-refractivity contribution >= 4 is 45.0 Å². The zero-order valence-electron chi connectivity index (χ0n) is 12.4. The maximum absolute atomic E-state index is 12.5. The van der Waals surface area contributed by atoms with Gasteiger partial charge in [0.25, 0.3) is 5.91 Å². The van der Waals surface area contributed by atoms with Crippen LogP contribution in [0.3, 0.4) is 0 Å². The highest BCUT2D eigenvalue weighted by Crippen LogP contribution is 2.32. The molecule has 2 rings (SSSR count). The molecule has 1 aromatic carbocycles. The first-order valence-corrected chi connectivity index (χ1v) is 8.54. The van der Waals surface area contributed by atoms with E-state index >= 15 is 0 Å². The van der Waals surface area contributed by atoms with Crippen LogP contribution in [-0.2, 0) is 0 Å². The van der Waals surface area contributed by atoms with Crippen molar-refractivity contribution in [3.05, 3.63) is 56.7 Å². The Kier molecular flexibility index (Phi) is 6.69. The molecule has 0 aliphatic rings. The lowest BCUT2D eigenvalue weighted by Gasteiger charge is -2.21. The fourth-order valence-corrected chi connectivity index (χ4v) is 2.86. The number of nitrogens with zero attached hydrogens (tertiary/aromatic N) is 2. The first kappa shape index (κ1) is 18.0. The molecule has 0 aliphatic carbocycles. The quantitative estimate of drug-likeness (QED) is 0.684. The number of amides is 1. The topological polar surface area (TPSA) is 42.4 Å². The first-order chi connectivity index (χ1) is 11.0. The molecule has 0 atom stereocenters. The van der Waals surface area contributed by atoms with Crippen molar-refractivity contribution in [2.24, 2.45) is 0 Å². The highest BCUT2D eigenvalue weighted by Gasteiger charge is 2.15. The van der Waals surface area contributed by atoms with Crippen molar-refractivity contribution in [3.8, 4) is 5.75 Å². The standard InChI is InChI=1S/C16H15BrCl2N2O2/c1-2-21(16(22)11-8-12(17)10-20-9-11)6-7-23-15-13(18)4-3-5-14(15)19/h3-5,8-10H,2,6-7H2,1H3. The molecule has 0 fully saturated rings. The molecule has 0 saturated heterocycles. The number of hydrogen-bond donors (Lipinski definition) is 0. The van der Waals surface area contributed by atoms with E-state index in [1.807, 2.05) is 6.92 Å². The van der Waals surface area contributed by atoms with Gasteiger partial charge in [0.1, 0.15) is 6.61 Å². The van der Waals surface area contributed by atoms with Crippen LogP contribution in [0.15, 0.2) is 41.1 Å². The number of pyridine rings is 1. The minimum atomic E-state index is -0.102. The van der Waals surface area contributed by atoms with Crippen LogP contribution in [0.25, 0.3) is 0 Å². The van der Waals surface area contributed by atoms with Gasteiger partial charge in [0.15, 0.2) is 5.75 Å². The van der Waals surface area contributed by atoms with Crippen molar-refractivity contribution in [1.82, 2.24) is 9.88 Å². The summed E-state index contributed by atoms with van der Waals surface area (Å²) in [5.41, 5.74) is 0.525. The Balaban J connectivity index is 1.99. The van der Waals surface area contributed by atoms with E-state index in [1.54, 1.807) is 41.6 Å². The second-order valence-corrected chi connectivity index (χ2v) is 6.41. The Hall–Kier alpha value is -1.30. The van der Waals surface area contributed by atoms with Gasteiger partial charge >= 0.3 is 0 Å². The molecule has 0 aliphatic heterocycles. The summed E-state index contributed by atoms with van der Waals surface area (Å²) >= 11 is 15.4. The Labute approximate surface area is 153 Å². The Morgan fingerprint density at radius 1 is 1.30 bits per heavy atom. The molecule has 0 N–H and O–H groups in total. The van der Waals surface area contributed by atoms with Crippen molar-refractivity contribution < 1.29 is 9.53 Å². The average Bonchev–Trinajstić information content (AvgIpc) is 2.53. The van der Waals surface area contributed by atoms with Crippen molar-refractivity contribution in [3.63, 3.8) is 0 Å². The second kappa shape index (κ2) is 8.52. The molecule has 2 aromatic rings. The van der Waals surface area contributed by atoms with Crippen LogP contribution in [0.5, 0.6) is 5.75 Å². The van der Waals surface area contributed by atoms with E-state index in [1.165, 1.54) is 0 Å². The highest BCUT2D eigenvalue weighted by molar-refractivity contribution is 9.10. The molecule has 7 heteroatoms. The van der Waals surface area contributed by atoms with Crippen molar-refractivity contribution in [1.29, 1.82) is 0 Å². The Morgan fingerprint density at radius 3 is 2.61 bits per heavy atom. The lowest BCUT2D eigenvalue weighted by atomic mass is 10.2. The predicted octanol–water partition coefficient (Wildman–Crippen LogP) is 4.69. The number of benzene rings is 1. The van der Waals surface area contributed by atoms with Gasteiger partial charge in [0.05, 0.1) is 22.2 Å². The molecule has 0 radical (unpaired) electrons. The first-order valence-electron chi connectivity index (χ1n) is 6.99. The molecule has 23 heavy (non-hydrogen) atoms. The SMILES string of the molecule is CCN(CCOc1c(Cl)cccc1Cl)C(=O)c1cncc(Br)c1. The second-order valence-electron chi connectivity index (χ2n) is 4.68. The van der Waals surface area contributed by atoms with Gasteiger partial charge in [-0.25, -0.2) is 0 Å². The summed E-state index contributed by atoms with van der Waals surface area (Å²) in [6.07, 6.45) is 3.18. The zero-order valence-corrected chi connectivity index (χ0v) is 15.5. The minimum Gasteiger partial charge on any atom is -0.489 e. The summed E-state index contributed by atoms with van der Waals surface area (Å²) in [6, 6.07) is 6.90. The van der Waals surface area contributed by atoms with Crippen LogP contribution in [0.1, 0.15) is 17.3 Å². The molecule has 1 aromatic heterocycles. The summed E-state index contributed by atoms with van der Waals surface area (Å²) in [5.74, 6) is 0.332. The molecule has 122 valence electrons. The lowest BCUT2D eigenvalue weighted by molar-refractivity contribution is 0.0739. The number of halogens is 3. The molecule has 0 bridgehead atoms. The van der Waals surface area contributed by atoms with Gasteiger partial charge in [-0.15, -0.1) is 0 Å². The van der Waals surface area contributed by atoms with Crippen LogP contribution in [-0.4, -0.2) is 35.5 Å². The number of rotatable bonds is 6. The molecule has 0 spiro atoms. The van der Waals surface area contributed by atoms with E-state index in [0.717, 1.165) is 4.47 Å². The molecular weight excluding hydrogens is 403 g/mol. The Morgan fingerprint density at radius 2 is 2.00 bits per heavy atom. The molecule has 0 unspecified atom stereocenters. The van der Waals surface area contributed by atoms with E-state index < -0.39 is 0 Å². The number of carbonyl (C=O) groups excluding carboxylic acids is 1. The molecule has 1 heterocycles. The van der Waals surface area contributed by atoms with E-state index in [2.05, 4.69) is 20.9 Å². The van der Waals surface area contributed by atoms with Gasteiger partial charge in [0, 0.05) is 23.4 Å². The van der Waals surface area contributed by atoms with Crippen molar-refractivity contribution in [2.45, 2.75) is 6.92 Å². The normalized spacial score (nSPS) is 10.4. The van der Waals surface area contributed by atoms with Gasteiger partial charge in [-0.05, 0) is 41.1 Å². The number of carbonyl (C=O) groups is 1. The van der Waals surface area contributed by atoms with Crippen LogP contribution < -0.4 is 4.74 Å². The summed E-state index contributed by atoms with van der Waals surface area (Å²) in [4.78, 5) is 18.1. The van der Waals surface area contributed by atoms with E-state index in [9.17, 15) is 4.79 Å². The third kappa shape index (κ3) is 4.83. The number of para-hydroxylation sites is 1. The van der Waals surface area contributed by atoms with Crippen LogP contribution in [0.2, 0.25) is 10.0 Å². The molecule has 4 nitrogen and oxygen atoms in total. The van der Waals surface area contributed by atoms with Gasteiger partial charge < -0.3 is 9.64 Å². The van der Waals surface area contributed by atoms with Gasteiger partial charge in [0.2, 0.25) is 0 Å². The molecule has 0 saturated carbocycles.